The number of likely N-dealkylation sites (N-methyl/N-ethyl adjacent to an activating group) is 1. The lowest BCUT2D eigenvalue weighted by Crippen LogP contribution is -2.54. The molecule has 0 bridgehead atoms. The highest BCUT2D eigenvalue weighted by molar-refractivity contribution is 6.31. The second kappa shape index (κ2) is 5.75. The van der Waals surface area contributed by atoms with E-state index in [2.05, 4.69) is 10.3 Å². The van der Waals surface area contributed by atoms with Crippen LogP contribution in [0.5, 0.6) is 0 Å². The molecule has 106 valence electrons. The summed E-state index contributed by atoms with van der Waals surface area (Å²) in [6, 6.07) is 4.46. The average molecular weight is 286 g/mol. The van der Waals surface area contributed by atoms with E-state index in [1.807, 2.05) is 14.1 Å². The summed E-state index contributed by atoms with van der Waals surface area (Å²) in [6.07, 6.45) is 4.23. The normalized spacial score (nSPS) is 19.9. The van der Waals surface area contributed by atoms with E-state index in [1.165, 1.54) is 6.07 Å². The Labute approximate surface area is 118 Å². The Morgan fingerprint density at radius 2 is 2.00 bits per heavy atom. The van der Waals surface area contributed by atoms with Gasteiger partial charge in [-0.15, -0.1) is 0 Å². The Morgan fingerprint density at radius 1 is 1.37 bits per heavy atom. The summed E-state index contributed by atoms with van der Waals surface area (Å²) in [5, 5.41) is 0.427. The molecule has 3 nitrogen and oxygen atoms in total. The third-order valence-corrected chi connectivity index (χ3v) is 4.68. The van der Waals surface area contributed by atoms with Crippen LogP contribution in [0.3, 0.4) is 0 Å². The Kier molecular flexibility index (Phi) is 4.46. The predicted octanol–water partition coefficient (Wildman–Crippen LogP) is 2.86. The molecule has 5 heteroatoms. The van der Waals surface area contributed by atoms with E-state index >= 15 is 0 Å². The molecule has 0 amide bonds. The lowest BCUT2D eigenvalue weighted by atomic mass is 9.82. The molecule has 2 rings (SSSR count). The third-order valence-electron chi connectivity index (χ3n) is 4.35. The first-order chi connectivity index (χ1) is 9.03. The monoisotopic (exact) mass is 285 g/mol. The van der Waals surface area contributed by atoms with Crippen molar-refractivity contribution in [1.29, 1.82) is 0 Å². The van der Waals surface area contributed by atoms with Gasteiger partial charge in [0.15, 0.2) is 0 Å². The molecular formula is C14H21ClFN3. The number of hydrogen-bond donors (Lipinski definition) is 2. The Bertz CT molecular complexity index is 424. The number of hydrazine groups is 1. The van der Waals surface area contributed by atoms with Gasteiger partial charge in [0.2, 0.25) is 0 Å². The van der Waals surface area contributed by atoms with Gasteiger partial charge in [0.05, 0.1) is 6.04 Å². The van der Waals surface area contributed by atoms with Crippen LogP contribution in [-0.2, 0) is 0 Å². The van der Waals surface area contributed by atoms with Gasteiger partial charge in [-0.05, 0) is 39.1 Å². The van der Waals surface area contributed by atoms with Crippen LogP contribution in [0.1, 0.15) is 37.3 Å². The fourth-order valence-corrected chi connectivity index (χ4v) is 3.55. The molecule has 0 spiro atoms. The molecule has 1 aliphatic carbocycles. The van der Waals surface area contributed by atoms with Crippen molar-refractivity contribution in [1.82, 2.24) is 10.3 Å². The van der Waals surface area contributed by atoms with E-state index in [4.69, 9.17) is 17.4 Å². The zero-order valence-corrected chi connectivity index (χ0v) is 12.2. The van der Waals surface area contributed by atoms with Gasteiger partial charge in [-0.1, -0.05) is 30.5 Å². The van der Waals surface area contributed by atoms with Gasteiger partial charge in [-0.25, -0.2) is 4.39 Å². The van der Waals surface area contributed by atoms with Gasteiger partial charge in [-0.3, -0.25) is 11.3 Å². The van der Waals surface area contributed by atoms with Gasteiger partial charge in [0.1, 0.15) is 5.82 Å². The highest BCUT2D eigenvalue weighted by Gasteiger charge is 2.45. The van der Waals surface area contributed by atoms with Gasteiger partial charge >= 0.3 is 0 Å². The smallest absolute Gasteiger partial charge is 0.129 e. The number of nitrogens with zero attached hydrogens (tertiary/aromatic N) is 1. The molecule has 1 atom stereocenters. The minimum Gasteiger partial charge on any atom is -0.302 e. The molecular weight excluding hydrogens is 265 g/mol. The van der Waals surface area contributed by atoms with Gasteiger partial charge < -0.3 is 4.90 Å². The summed E-state index contributed by atoms with van der Waals surface area (Å²) in [5.74, 6) is 5.44. The lowest BCUT2D eigenvalue weighted by molar-refractivity contribution is 0.103. The van der Waals surface area contributed by atoms with Crippen LogP contribution < -0.4 is 11.3 Å². The molecule has 0 heterocycles. The average Bonchev–Trinajstić information content (AvgIpc) is 2.84. The summed E-state index contributed by atoms with van der Waals surface area (Å²) in [7, 11) is 4.04. The molecule has 1 aliphatic rings. The Hall–Kier alpha value is -0.680. The molecule has 3 N–H and O–H groups in total. The second-order valence-electron chi connectivity index (χ2n) is 5.44. The minimum atomic E-state index is -0.307. The van der Waals surface area contributed by atoms with E-state index in [1.54, 1.807) is 12.1 Å². The van der Waals surface area contributed by atoms with Gasteiger partial charge in [0, 0.05) is 16.1 Å². The molecule has 19 heavy (non-hydrogen) atoms. The molecule has 1 aromatic rings. The second-order valence-corrected chi connectivity index (χ2v) is 5.85. The maximum atomic E-state index is 14.2. The highest BCUT2D eigenvalue weighted by atomic mass is 35.5. The summed E-state index contributed by atoms with van der Waals surface area (Å²) >= 11 is 6.19. The first kappa shape index (κ1) is 14.7. The molecule has 1 unspecified atom stereocenters. The van der Waals surface area contributed by atoms with Crippen LogP contribution in [0.2, 0.25) is 5.02 Å². The van der Waals surface area contributed by atoms with Crippen LogP contribution >= 0.6 is 11.6 Å². The Morgan fingerprint density at radius 3 is 2.47 bits per heavy atom. The van der Waals surface area contributed by atoms with Crippen LogP contribution in [-0.4, -0.2) is 24.5 Å². The maximum absolute atomic E-state index is 14.2. The molecule has 1 saturated carbocycles. The number of hydrogen-bond acceptors (Lipinski definition) is 3. The summed E-state index contributed by atoms with van der Waals surface area (Å²) in [6.45, 7) is 0. The van der Waals surface area contributed by atoms with Crippen molar-refractivity contribution < 1.29 is 4.39 Å². The maximum Gasteiger partial charge on any atom is 0.129 e. The molecule has 1 aromatic carbocycles. The predicted molar refractivity (Wildman–Crippen MR) is 76.4 cm³/mol. The van der Waals surface area contributed by atoms with E-state index < -0.39 is 0 Å². The number of nitrogens with two attached hydrogens (primary N) is 1. The minimum absolute atomic E-state index is 0.180. The number of rotatable bonds is 4. The lowest BCUT2D eigenvalue weighted by Gasteiger charge is -2.43. The number of halogens is 2. The fourth-order valence-electron chi connectivity index (χ4n) is 3.27. The van der Waals surface area contributed by atoms with Crippen molar-refractivity contribution in [3.8, 4) is 0 Å². The van der Waals surface area contributed by atoms with Gasteiger partial charge in [-0.2, -0.15) is 0 Å². The quantitative estimate of drug-likeness (QED) is 0.660. The Balaban J connectivity index is 2.49. The van der Waals surface area contributed by atoms with Crippen LogP contribution in [0.25, 0.3) is 0 Å². The zero-order valence-electron chi connectivity index (χ0n) is 11.4. The fraction of sp³-hybridized carbons (Fsp3) is 0.571. The van der Waals surface area contributed by atoms with Crippen molar-refractivity contribution in [3.63, 3.8) is 0 Å². The van der Waals surface area contributed by atoms with E-state index in [0.29, 0.717) is 10.6 Å². The first-order valence-corrected chi connectivity index (χ1v) is 6.98. The SMILES string of the molecule is CN(C)C1(C(NN)c2c(F)cccc2Cl)CCCC1. The molecule has 0 radical (unpaired) electrons. The van der Waals surface area contributed by atoms with Crippen molar-refractivity contribution in [2.45, 2.75) is 37.3 Å². The number of nitrogens with one attached hydrogen (secondary N) is 1. The number of benzene rings is 1. The van der Waals surface area contributed by atoms with Gasteiger partial charge in [0.25, 0.3) is 0 Å². The summed E-state index contributed by atoms with van der Waals surface area (Å²) in [4.78, 5) is 2.15. The third kappa shape index (κ3) is 2.50. The van der Waals surface area contributed by atoms with E-state index in [-0.39, 0.29) is 17.4 Å². The highest BCUT2D eigenvalue weighted by Crippen LogP contribution is 2.45. The summed E-state index contributed by atoms with van der Waals surface area (Å²) < 4.78 is 14.2. The first-order valence-electron chi connectivity index (χ1n) is 6.60. The van der Waals surface area contributed by atoms with E-state index in [9.17, 15) is 4.39 Å². The zero-order chi connectivity index (χ0) is 14.0. The molecule has 0 aromatic heterocycles. The standard InChI is InChI=1S/C14H21ClFN3/c1-19(2)14(8-3-4-9-14)13(18-17)12-10(15)6-5-7-11(12)16/h5-7,13,18H,3-4,8-9,17H2,1-2H3. The van der Waals surface area contributed by atoms with Crippen LogP contribution in [0, 0.1) is 5.82 Å². The van der Waals surface area contributed by atoms with Crippen molar-refractivity contribution in [2.24, 2.45) is 5.84 Å². The molecule has 1 fully saturated rings. The van der Waals surface area contributed by atoms with Crippen LogP contribution in [0.15, 0.2) is 18.2 Å². The van der Waals surface area contributed by atoms with Crippen molar-refractivity contribution in [2.75, 3.05) is 14.1 Å². The topological polar surface area (TPSA) is 41.3 Å². The summed E-state index contributed by atoms with van der Waals surface area (Å²) in [5.41, 5.74) is 3.09. The molecule has 0 aliphatic heterocycles. The van der Waals surface area contributed by atoms with Crippen LogP contribution in [0.4, 0.5) is 4.39 Å². The molecule has 0 saturated heterocycles. The van der Waals surface area contributed by atoms with Crippen molar-refractivity contribution in [3.05, 3.63) is 34.6 Å². The van der Waals surface area contributed by atoms with Crippen molar-refractivity contribution >= 4 is 11.6 Å². The van der Waals surface area contributed by atoms with E-state index in [0.717, 1.165) is 25.7 Å². The largest absolute Gasteiger partial charge is 0.302 e.